The van der Waals surface area contributed by atoms with Crippen molar-refractivity contribution in [3.8, 4) is 0 Å². The third-order valence-electron chi connectivity index (χ3n) is 5.81. The van der Waals surface area contributed by atoms with Gasteiger partial charge in [0.2, 0.25) is 0 Å². The lowest BCUT2D eigenvalue weighted by Crippen LogP contribution is -2.37. The molecule has 3 N–H and O–H groups in total. The van der Waals surface area contributed by atoms with E-state index in [0.717, 1.165) is 64.4 Å². The lowest BCUT2D eigenvalue weighted by molar-refractivity contribution is 0.0792. The van der Waals surface area contributed by atoms with Gasteiger partial charge in [0.05, 0.1) is 12.6 Å². The Balaban J connectivity index is 1.53. The van der Waals surface area contributed by atoms with Crippen molar-refractivity contribution in [2.24, 2.45) is 4.99 Å². The number of aliphatic hydroxyl groups is 1. The average molecular weight is 423 g/mol. The van der Waals surface area contributed by atoms with E-state index in [1.165, 1.54) is 22.3 Å². The van der Waals surface area contributed by atoms with E-state index in [0.29, 0.717) is 6.54 Å². The molecule has 0 saturated carbocycles. The molecule has 31 heavy (non-hydrogen) atoms. The van der Waals surface area contributed by atoms with E-state index in [1.807, 2.05) is 0 Å². The Labute approximate surface area is 187 Å². The first-order valence-electron chi connectivity index (χ1n) is 11.7. The van der Waals surface area contributed by atoms with Gasteiger partial charge in [-0.05, 0) is 42.9 Å². The van der Waals surface area contributed by atoms with Crippen molar-refractivity contribution in [3.63, 3.8) is 0 Å². The molecule has 1 fully saturated rings. The molecule has 0 amide bonds. The Kier molecular flexibility index (Phi) is 9.38. The molecule has 0 unspecified atom stereocenters. The maximum atomic E-state index is 9.67. The second-order valence-electron chi connectivity index (χ2n) is 8.61. The Morgan fingerprint density at radius 2 is 1.61 bits per heavy atom. The van der Waals surface area contributed by atoms with E-state index in [4.69, 9.17) is 4.99 Å². The number of aliphatic imine (C=N–C) groups is 1. The highest BCUT2D eigenvalue weighted by Gasteiger charge is 2.16. The van der Waals surface area contributed by atoms with Crippen LogP contribution in [0.4, 0.5) is 0 Å². The highest BCUT2D eigenvalue weighted by molar-refractivity contribution is 5.79. The first kappa shape index (κ1) is 23.3. The normalized spacial score (nSPS) is 15.8. The number of hydrogen-bond acceptors (Lipinski definition) is 3. The monoisotopic (exact) mass is 422 g/mol. The quantitative estimate of drug-likeness (QED) is 0.325. The van der Waals surface area contributed by atoms with Gasteiger partial charge in [0.15, 0.2) is 5.96 Å². The number of hydrogen-bond donors (Lipinski definition) is 3. The summed E-state index contributed by atoms with van der Waals surface area (Å²) in [6.07, 6.45) is 3.95. The van der Waals surface area contributed by atoms with Crippen molar-refractivity contribution < 1.29 is 5.11 Å². The van der Waals surface area contributed by atoms with E-state index in [9.17, 15) is 5.11 Å². The van der Waals surface area contributed by atoms with Crippen LogP contribution >= 0.6 is 0 Å². The first-order chi connectivity index (χ1) is 15.1. The van der Waals surface area contributed by atoms with Gasteiger partial charge in [0.1, 0.15) is 0 Å². The van der Waals surface area contributed by atoms with Gasteiger partial charge in [-0.1, -0.05) is 67.4 Å². The van der Waals surface area contributed by atoms with E-state index >= 15 is 0 Å². The molecule has 1 aliphatic rings. The molecular formula is C26H38N4O. The molecule has 0 spiro atoms. The molecule has 0 aromatic heterocycles. The molecule has 2 aromatic carbocycles. The van der Waals surface area contributed by atoms with E-state index in [1.54, 1.807) is 0 Å². The summed E-state index contributed by atoms with van der Waals surface area (Å²) in [6, 6.07) is 17.4. The van der Waals surface area contributed by atoms with Crippen LogP contribution in [0, 0.1) is 6.92 Å². The second kappa shape index (κ2) is 12.5. The fourth-order valence-corrected chi connectivity index (χ4v) is 3.71. The van der Waals surface area contributed by atoms with E-state index in [2.05, 4.69) is 77.9 Å². The predicted octanol–water partition coefficient (Wildman–Crippen LogP) is 3.99. The number of aliphatic hydroxyl groups excluding tert-OH is 1. The summed E-state index contributed by atoms with van der Waals surface area (Å²) in [7, 11) is 0. The van der Waals surface area contributed by atoms with Gasteiger partial charge in [-0.3, -0.25) is 4.90 Å². The van der Waals surface area contributed by atoms with Crippen LogP contribution in [0.15, 0.2) is 53.5 Å². The van der Waals surface area contributed by atoms with Crippen LogP contribution in [-0.4, -0.2) is 41.7 Å². The summed E-state index contributed by atoms with van der Waals surface area (Å²) in [6.45, 7) is 9.58. The molecule has 1 saturated heterocycles. The molecule has 0 bridgehead atoms. The summed E-state index contributed by atoms with van der Waals surface area (Å²) < 4.78 is 0. The molecular weight excluding hydrogens is 384 g/mol. The number of likely N-dealkylation sites (tertiary alicyclic amines) is 1. The minimum atomic E-state index is -0.115. The highest BCUT2D eigenvalue weighted by atomic mass is 16.3. The summed E-state index contributed by atoms with van der Waals surface area (Å²) in [5, 5.41) is 16.6. The van der Waals surface area contributed by atoms with Crippen LogP contribution in [-0.2, 0) is 19.6 Å². The molecule has 0 radical (unpaired) electrons. The maximum Gasteiger partial charge on any atom is 0.191 e. The number of unbranched alkanes of at least 4 members (excludes halogenated alkanes) is 1. The number of benzene rings is 2. The summed E-state index contributed by atoms with van der Waals surface area (Å²) in [5.41, 5.74) is 5.07. The molecule has 1 heterocycles. The fraction of sp³-hybridized carbons (Fsp3) is 0.500. The number of guanidine groups is 1. The van der Waals surface area contributed by atoms with Gasteiger partial charge in [0, 0.05) is 32.7 Å². The summed E-state index contributed by atoms with van der Waals surface area (Å²) in [4.78, 5) is 7.23. The first-order valence-corrected chi connectivity index (χ1v) is 11.7. The zero-order valence-corrected chi connectivity index (χ0v) is 19.1. The van der Waals surface area contributed by atoms with Gasteiger partial charge in [-0.2, -0.15) is 0 Å². The molecule has 1 aliphatic heterocycles. The SMILES string of the molecule is CCCCNC(=NCc1ccc(CN2CCC(O)CC2)cc1)NCc1ccc(C)cc1. The fourth-order valence-electron chi connectivity index (χ4n) is 3.71. The summed E-state index contributed by atoms with van der Waals surface area (Å²) in [5.74, 6) is 0.866. The molecule has 3 rings (SSSR count). The van der Waals surface area contributed by atoms with E-state index < -0.39 is 0 Å². The van der Waals surface area contributed by atoms with Crippen molar-refractivity contribution in [1.82, 2.24) is 15.5 Å². The minimum Gasteiger partial charge on any atom is -0.393 e. The number of nitrogens with one attached hydrogen (secondary N) is 2. The lowest BCUT2D eigenvalue weighted by atomic mass is 10.1. The van der Waals surface area contributed by atoms with Crippen molar-refractivity contribution in [3.05, 3.63) is 70.8 Å². The van der Waals surface area contributed by atoms with Crippen molar-refractivity contribution in [1.29, 1.82) is 0 Å². The lowest BCUT2D eigenvalue weighted by Gasteiger charge is -2.29. The number of nitrogens with zero attached hydrogens (tertiary/aromatic N) is 2. The summed E-state index contributed by atoms with van der Waals surface area (Å²) >= 11 is 0. The molecule has 0 aliphatic carbocycles. The van der Waals surface area contributed by atoms with Crippen molar-refractivity contribution in [2.45, 2.75) is 65.3 Å². The molecule has 5 nitrogen and oxygen atoms in total. The van der Waals surface area contributed by atoms with Crippen LogP contribution in [0.5, 0.6) is 0 Å². The molecule has 2 aromatic rings. The van der Waals surface area contributed by atoms with Crippen LogP contribution < -0.4 is 10.6 Å². The van der Waals surface area contributed by atoms with E-state index in [-0.39, 0.29) is 6.10 Å². The second-order valence-corrected chi connectivity index (χ2v) is 8.61. The van der Waals surface area contributed by atoms with Gasteiger partial charge in [-0.15, -0.1) is 0 Å². The zero-order chi connectivity index (χ0) is 21.9. The molecule has 168 valence electrons. The largest absolute Gasteiger partial charge is 0.393 e. The Morgan fingerprint density at radius 1 is 0.968 bits per heavy atom. The Hall–Kier alpha value is -2.37. The van der Waals surface area contributed by atoms with Gasteiger partial charge in [0.25, 0.3) is 0 Å². The Bertz CT molecular complexity index is 793. The standard InChI is InChI=1S/C26H38N4O/c1-3-4-15-27-26(28-18-22-7-5-21(2)6-8-22)29-19-23-9-11-24(12-10-23)20-30-16-13-25(31)14-17-30/h5-12,25,31H,3-4,13-20H2,1-2H3,(H2,27,28,29). The molecule has 5 heteroatoms. The number of aryl methyl sites for hydroxylation is 1. The Morgan fingerprint density at radius 3 is 2.29 bits per heavy atom. The van der Waals surface area contributed by atoms with Gasteiger partial charge in [-0.25, -0.2) is 4.99 Å². The van der Waals surface area contributed by atoms with Crippen LogP contribution in [0.1, 0.15) is 54.9 Å². The number of piperidine rings is 1. The van der Waals surface area contributed by atoms with Crippen LogP contribution in [0.25, 0.3) is 0 Å². The van der Waals surface area contributed by atoms with Gasteiger partial charge >= 0.3 is 0 Å². The maximum absolute atomic E-state index is 9.67. The smallest absolute Gasteiger partial charge is 0.191 e. The van der Waals surface area contributed by atoms with Crippen LogP contribution in [0.3, 0.4) is 0 Å². The van der Waals surface area contributed by atoms with Crippen LogP contribution in [0.2, 0.25) is 0 Å². The zero-order valence-electron chi connectivity index (χ0n) is 19.1. The topological polar surface area (TPSA) is 59.9 Å². The highest BCUT2D eigenvalue weighted by Crippen LogP contribution is 2.14. The number of rotatable bonds is 9. The third kappa shape index (κ3) is 8.35. The van der Waals surface area contributed by atoms with Crippen molar-refractivity contribution >= 4 is 5.96 Å². The minimum absolute atomic E-state index is 0.115. The predicted molar refractivity (Wildman–Crippen MR) is 129 cm³/mol. The van der Waals surface area contributed by atoms with Crippen molar-refractivity contribution in [2.75, 3.05) is 19.6 Å². The molecule has 0 atom stereocenters. The average Bonchev–Trinajstić information content (AvgIpc) is 2.79. The third-order valence-corrected chi connectivity index (χ3v) is 5.81. The van der Waals surface area contributed by atoms with Gasteiger partial charge < -0.3 is 15.7 Å².